The zero-order valence-corrected chi connectivity index (χ0v) is 11.7. The number of aliphatic hydroxyl groups is 1. The van der Waals surface area contributed by atoms with Gasteiger partial charge >= 0.3 is 0 Å². The Morgan fingerprint density at radius 3 is 2.83 bits per heavy atom. The third-order valence-corrected chi connectivity index (χ3v) is 4.28. The molecule has 0 aliphatic rings. The minimum atomic E-state index is 0.309. The normalized spacial score (nSPS) is 11.5. The molecule has 0 unspecified atom stereocenters. The lowest BCUT2D eigenvalue weighted by molar-refractivity contribution is 0.264. The van der Waals surface area contributed by atoms with E-state index in [0.717, 1.165) is 32.4 Å². The predicted octanol–water partition coefficient (Wildman–Crippen LogP) is 3.15. The van der Waals surface area contributed by atoms with Crippen LogP contribution in [0.25, 0.3) is 10.1 Å². The van der Waals surface area contributed by atoms with Crippen LogP contribution in [0.4, 0.5) is 0 Å². The van der Waals surface area contributed by atoms with Crippen molar-refractivity contribution in [3.63, 3.8) is 0 Å². The Bertz CT molecular complexity index is 480. The molecule has 0 saturated heterocycles. The van der Waals surface area contributed by atoms with Crippen molar-refractivity contribution < 1.29 is 5.11 Å². The van der Waals surface area contributed by atoms with Gasteiger partial charge < -0.3 is 10.0 Å². The number of likely N-dealkylation sites (N-methyl/N-ethyl adjacent to an activating group) is 1. The number of hydrogen-bond donors (Lipinski definition) is 1. The molecule has 98 valence electrons. The number of aliphatic hydroxyl groups excluding tert-OH is 1. The van der Waals surface area contributed by atoms with Gasteiger partial charge in [0.1, 0.15) is 0 Å². The molecule has 1 aromatic heterocycles. The Balaban J connectivity index is 1.86. The molecule has 2 nitrogen and oxygen atoms in total. The second kappa shape index (κ2) is 6.88. The molecule has 2 rings (SSSR count). The van der Waals surface area contributed by atoms with Gasteiger partial charge in [0, 0.05) is 17.9 Å². The molecule has 0 atom stereocenters. The highest BCUT2D eigenvalue weighted by atomic mass is 32.1. The third-order valence-electron chi connectivity index (χ3n) is 3.27. The van der Waals surface area contributed by atoms with E-state index in [1.807, 2.05) is 11.3 Å². The third kappa shape index (κ3) is 3.55. The molecular weight excluding hydrogens is 242 g/mol. The molecule has 0 aliphatic carbocycles. The smallest absolute Gasteiger partial charge is 0.0431 e. The van der Waals surface area contributed by atoms with Crippen LogP contribution in [0.2, 0.25) is 0 Å². The summed E-state index contributed by atoms with van der Waals surface area (Å²) in [6, 6.07) is 8.62. The summed E-state index contributed by atoms with van der Waals surface area (Å²) >= 11 is 1.84. The van der Waals surface area contributed by atoms with Gasteiger partial charge in [-0.05, 0) is 55.3 Å². The fourth-order valence-corrected chi connectivity index (χ4v) is 3.14. The zero-order valence-electron chi connectivity index (χ0n) is 10.9. The first-order valence-corrected chi connectivity index (χ1v) is 7.43. The molecule has 0 saturated carbocycles. The zero-order chi connectivity index (χ0) is 12.8. The van der Waals surface area contributed by atoms with E-state index in [9.17, 15) is 0 Å². The molecule has 0 fully saturated rings. The lowest BCUT2D eigenvalue weighted by Crippen LogP contribution is -2.22. The van der Waals surface area contributed by atoms with Crippen LogP contribution in [0.5, 0.6) is 0 Å². The predicted molar refractivity (Wildman–Crippen MR) is 79.3 cm³/mol. The number of fused-ring (bicyclic) bond motifs is 1. The van der Waals surface area contributed by atoms with E-state index >= 15 is 0 Å². The summed E-state index contributed by atoms with van der Waals surface area (Å²) in [5.41, 5.74) is 1.46. The summed E-state index contributed by atoms with van der Waals surface area (Å²) < 4.78 is 1.38. The number of thiophene rings is 1. The van der Waals surface area contributed by atoms with Gasteiger partial charge in [0.25, 0.3) is 0 Å². The van der Waals surface area contributed by atoms with E-state index < -0.39 is 0 Å². The van der Waals surface area contributed by atoms with E-state index in [1.165, 1.54) is 15.6 Å². The molecule has 0 bridgehead atoms. The first-order chi connectivity index (χ1) is 8.81. The second-order valence-corrected chi connectivity index (χ2v) is 5.65. The van der Waals surface area contributed by atoms with Gasteiger partial charge in [0.05, 0.1) is 0 Å². The topological polar surface area (TPSA) is 23.5 Å². The summed E-state index contributed by atoms with van der Waals surface area (Å²) in [6.07, 6.45) is 3.10. The van der Waals surface area contributed by atoms with Crippen molar-refractivity contribution in [2.45, 2.75) is 19.3 Å². The Morgan fingerprint density at radius 2 is 2.00 bits per heavy atom. The average Bonchev–Trinajstić information content (AvgIpc) is 2.80. The minimum absolute atomic E-state index is 0.309. The van der Waals surface area contributed by atoms with E-state index in [2.05, 4.69) is 41.6 Å². The molecule has 1 heterocycles. The van der Waals surface area contributed by atoms with Crippen molar-refractivity contribution in [2.75, 3.05) is 26.7 Å². The highest BCUT2D eigenvalue weighted by Crippen LogP contribution is 2.25. The molecule has 1 N–H and O–H groups in total. The summed E-state index contributed by atoms with van der Waals surface area (Å²) in [4.78, 5) is 2.35. The number of rotatable bonds is 7. The van der Waals surface area contributed by atoms with Crippen molar-refractivity contribution in [2.24, 2.45) is 0 Å². The maximum atomic E-state index is 8.76. The summed E-state index contributed by atoms with van der Waals surface area (Å²) in [5.74, 6) is 0. The maximum Gasteiger partial charge on any atom is 0.0431 e. The maximum absolute atomic E-state index is 8.76. The van der Waals surface area contributed by atoms with Crippen LogP contribution in [0.15, 0.2) is 29.6 Å². The average molecular weight is 263 g/mol. The number of unbranched alkanes of at least 4 members (excludes halogenated alkanes) is 1. The molecule has 2 aromatic rings. The monoisotopic (exact) mass is 263 g/mol. The van der Waals surface area contributed by atoms with Gasteiger partial charge in [-0.1, -0.05) is 18.2 Å². The molecule has 18 heavy (non-hydrogen) atoms. The van der Waals surface area contributed by atoms with E-state index in [0.29, 0.717) is 6.61 Å². The van der Waals surface area contributed by atoms with E-state index in [-0.39, 0.29) is 0 Å². The SMILES string of the molecule is CN(CCCCO)CCc1csc2ccccc12. The van der Waals surface area contributed by atoms with Crippen LogP contribution in [-0.2, 0) is 6.42 Å². The van der Waals surface area contributed by atoms with Crippen molar-refractivity contribution in [3.8, 4) is 0 Å². The van der Waals surface area contributed by atoms with Crippen LogP contribution >= 0.6 is 11.3 Å². The van der Waals surface area contributed by atoms with E-state index in [1.54, 1.807) is 0 Å². The fraction of sp³-hybridized carbons (Fsp3) is 0.467. The van der Waals surface area contributed by atoms with Crippen LogP contribution in [0.3, 0.4) is 0 Å². The number of benzene rings is 1. The van der Waals surface area contributed by atoms with Crippen molar-refractivity contribution in [3.05, 3.63) is 35.2 Å². The fourth-order valence-electron chi connectivity index (χ4n) is 2.14. The van der Waals surface area contributed by atoms with Gasteiger partial charge in [0.2, 0.25) is 0 Å². The first-order valence-electron chi connectivity index (χ1n) is 6.56. The van der Waals surface area contributed by atoms with Crippen molar-refractivity contribution in [1.82, 2.24) is 4.90 Å². The van der Waals surface area contributed by atoms with Gasteiger partial charge in [-0.15, -0.1) is 11.3 Å². The Labute approximate surface area is 113 Å². The Hall–Kier alpha value is -0.900. The quantitative estimate of drug-likeness (QED) is 0.776. The lowest BCUT2D eigenvalue weighted by Gasteiger charge is -2.15. The van der Waals surface area contributed by atoms with Gasteiger partial charge in [-0.3, -0.25) is 0 Å². The second-order valence-electron chi connectivity index (χ2n) is 4.74. The summed E-state index contributed by atoms with van der Waals surface area (Å²) in [6.45, 7) is 2.47. The van der Waals surface area contributed by atoms with Crippen LogP contribution < -0.4 is 0 Å². The lowest BCUT2D eigenvalue weighted by atomic mass is 10.1. The van der Waals surface area contributed by atoms with E-state index in [4.69, 9.17) is 5.11 Å². The highest BCUT2D eigenvalue weighted by Gasteiger charge is 2.04. The Morgan fingerprint density at radius 1 is 1.17 bits per heavy atom. The van der Waals surface area contributed by atoms with Crippen LogP contribution in [0, 0.1) is 0 Å². The van der Waals surface area contributed by atoms with Crippen LogP contribution in [0.1, 0.15) is 18.4 Å². The Kier molecular flexibility index (Phi) is 5.17. The van der Waals surface area contributed by atoms with Crippen molar-refractivity contribution >= 4 is 21.4 Å². The van der Waals surface area contributed by atoms with Crippen molar-refractivity contribution in [1.29, 1.82) is 0 Å². The van der Waals surface area contributed by atoms with Gasteiger partial charge in [-0.2, -0.15) is 0 Å². The molecule has 1 aromatic carbocycles. The molecule has 0 amide bonds. The largest absolute Gasteiger partial charge is 0.396 e. The molecule has 0 aliphatic heterocycles. The summed E-state index contributed by atoms with van der Waals surface area (Å²) in [7, 11) is 2.16. The van der Waals surface area contributed by atoms with Gasteiger partial charge in [-0.25, -0.2) is 0 Å². The molecule has 0 radical (unpaired) electrons. The first kappa shape index (κ1) is 13.5. The number of nitrogens with zero attached hydrogens (tertiary/aromatic N) is 1. The molecule has 0 spiro atoms. The highest BCUT2D eigenvalue weighted by molar-refractivity contribution is 7.17. The van der Waals surface area contributed by atoms with Gasteiger partial charge in [0.15, 0.2) is 0 Å². The minimum Gasteiger partial charge on any atom is -0.396 e. The van der Waals surface area contributed by atoms with Crippen LogP contribution in [-0.4, -0.2) is 36.8 Å². The molecule has 3 heteroatoms. The standard InChI is InChI=1S/C15H21NOS/c1-16(9-4-5-11-17)10-8-13-12-18-15-7-3-2-6-14(13)15/h2-3,6-7,12,17H,4-5,8-11H2,1H3. The summed E-state index contributed by atoms with van der Waals surface area (Å²) in [5, 5.41) is 12.5. The number of hydrogen-bond acceptors (Lipinski definition) is 3. The molecular formula is C15H21NOS.